The third kappa shape index (κ3) is 2.85. The van der Waals surface area contributed by atoms with Gasteiger partial charge in [0.15, 0.2) is 0 Å². The van der Waals surface area contributed by atoms with Crippen molar-refractivity contribution in [3.05, 3.63) is 65.5 Å². The molecule has 0 fully saturated rings. The van der Waals surface area contributed by atoms with Crippen molar-refractivity contribution in [1.82, 2.24) is 5.32 Å². The molecule has 0 saturated heterocycles. The zero-order valence-electron chi connectivity index (χ0n) is 9.69. The fourth-order valence-corrected chi connectivity index (χ4v) is 1.61. The highest BCUT2D eigenvalue weighted by molar-refractivity contribution is 5.99. The molecule has 0 bridgehead atoms. The van der Waals surface area contributed by atoms with Crippen LogP contribution in [-0.4, -0.2) is 5.91 Å². The van der Waals surface area contributed by atoms with Crippen LogP contribution in [-0.2, 0) is 6.54 Å². The van der Waals surface area contributed by atoms with Crippen LogP contribution in [0.4, 0.5) is 10.1 Å². The third-order valence-electron chi connectivity index (χ3n) is 2.55. The van der Waals surface area contributed by atoms with Crippen molar-refractivity contribution in [3.63, 3.8) is 0 Å². The van der Waals surface area contributed by atoms with Crippen molar-refractivity contribution in [2.75, 3.05) is 5.73 Å². The first-order valence-corrected chi connectivity index (χ1v) is 5.54. The van der Waals surface area contributed by atoms with Crippen LogP contribution in [0.3, 0.4) is 0 Å². The predicted molar refractivity (Wildman–Crippen MR) is 68.4 cm³/mol. The first kappa shape index (κ1) is 12.1. The summed E-state index contributed by atoms with van der Waals surface area (Å²) in [6.07, 6.45) is 0. The normalized spacial score (nSPS) is 10.1. The Morgan fingerprint density at radius 1 is 1.17 bits per heavy atom. The third-order valence-corrected chi connectivity index (χ3v) is 2.55. The van der Waals surface area contributed by atoms with Gasteiger partial charge in [-0.05, 0) is 23.8 Å². The highest BCUT2D eigenvalue weighted by atomic mass is 19.1. The maximum atomic E-state index is 12.9. The van der Waals surface area contributed by atoms with Crippen LogP contribution in [0, 0.1) is 5.82 Å². The van der Waals surface area contributed by atoms with Crippen molar-refractivity contribution >= 4 is 11.6 Å². The zero-order chi connectivity index (χ0) is 13.0. The summed E-state index contributed by atoms with van der Waals surface area (Å²) in [5.74, 6) is -0.761. The second-order valence-electron chi connectivity index (χ2n) is 3.90. The molecule has 92 valence electrons. The molecule has 18 heavy (non-hydrogen) atoms. The van der Waals surface area contributed by atoms with E-state index in [1.165, 1.54) is 12.1 Å². The number of nitrogen functional groups attached to an aromatic ring is 1. The Kier molecular flexibility index (Phi) is 3.57. The molecular formula is C14H13FN2O. The molecule has 0 radical (unpaired) electrons. The maximum Gasteiger partial charge on any atom is 0.253 e. The Bertz CT molecular complexity index is 555. The molecule has 2 aromatic carbocycles. The predicted octanol–water partition coefficient (Wildman–Crippen LogP) is 2.34. The molecule has 4 heteroatoms. The minimum absolute atomic E-state index is 0.139. The quantitative estimate of drug-likeness (QED) is 0.814. The van der Waals surface area contributed by atoms with Gasteiger partial charge >= 0.3 is 0 Å². The summed E-state index contributed by atoms with van der Waals surface area (Å²) in [5.41, 5.74) is 7.01. The molecule has 0 spiro atoms. The monoisotopic (exact) mass is 244 g/mol. The summed E-state index contributed by atoms with van der Waals surface area (Å²) in [6.45, 7) is 0.413. The van der Waals surface area contributed by atoms with Crippen LogP contribution in [0.5, 0.6) is 0 Å². The van der Waals surface area contributed by atoms with E-state index >= 15 is 0 Å². The van der Waals surface area contributed by atoms with Gasteiger partial charge in [-0.25, -0.2) is 4.39 Å². The topological polar surface area (TPSA) is 55.1 Å². The molecule has 0 heterocycles. The standard InChI is InChI=1S/C14H13FN2O/c15-11-6-7-12(13(16)8-11)14(18)17-9-10-4-2-1-3-5-10/h1-8H,9,16H2,(H,17,18). The number of halogens is 1. The molecule has 0 aromatic heterocycles. The molecule has 0 aliphatic carbocycles. The van der Waals surface area contributed by atoms with Gasteiger partial charge in [-0.2, -0.15) is 0 Å². The van der Waals surface area contributed by atoms with Gasteiger partial charge in [0, 0.05) is 12.2 Å². The van der Waals surface area contributed by atoms with Crippen LogP contribution in [0.1, 0.15) is 15.9 Å². The SMILES string of the molecule is Nc1cc(F)ccc1C(=O)NCc1ccccc1. The van der Waals surface area contributed by atoms with E-state index in [1.807, 2.05) is 30.3 Å². The number of anilines is 1. The zero-order valence-corrected chi connectivity index (χ0v) is 9.69. The Morgan fingerprint density at radius 3 is 2.56 bits per heavy atom. The van der Waals surface area contributed by atoms with Crippen molar-refractivity contribution in [2.45, 2.75) is 6.54 Å². The molecule has 3 N–H and O–H groups in total. The Labute approximate surface area is 104 Å². The summed E-state index contributed by atoms with van der Waals surface area (Å²) in [4.78, 5) is 11.8. The van der Waals surface area contributed by atoms with Crippen molar-refractivity contribution in [3.8, 4) is 0 Å². The van der Waals surface area contributed by atoms with Gasteiger partial charge in [0.2, 0.25) is 0 Å². The molecule has 2 rings (SSSR count). The van der Waals surface area contributed by atoms with Crippen LogP contribution in [0.15, 0.2) is 48.5 Å². The van der Waals surface area contributed by atoms with Crippen LogP contribution in [0.25, 0.3) is 0 Å². The van der Waals surface area contributed by atoms with E-state index in [1.54, 1.807) is 0 Å². The number of carbonyl (C=O) groups excluding carboxylic acids is 1. The minimum atomic E-state index is -0.452. The largest absolute Gasteiger partial charge is 0.398 e. The smallest absolute Gasteiger partial charge is 0.253 e. The Hall–Kier alpha value is -2.36. The van der Waals surface area contributed by atoms with E-state index < -0.39 is 5.82 Å². The van der Waals surface area contributed by atoms with Crippen LogP contribution in [0.2, 0.25) is 0 Å². The lowest BCUT2D eigenvalue weighted by Crippen LogP contribution is -2.23. The Balaban J connectivity index is 2.04. The van der Waals surface area contributed by atoms with Gasteiger partial charge in [-0.3, -0.25) is 4.79 Å². The van der Waals surface area contributed by atoms with Crippen LogP contribution < -0.4 is 11.1 Å². The number of rotatable bonds is 3. The van der Waals surface area contributed by atoms with Gasteiger partial charge in [0.05, 0.1) is 5.56 Å². The van der Waals surface area contributed by atoms with Crippen LogP contribution >= 0.6 is 0 Å². The number of carbonyl (C=O) groups is 1. The van der Waals surface area contributed by atoms with Crippen molar-refractivity contribution in [2.24, 2.45) is 0 Å². The Morgan fingerprint density at radius 2 is 1.89 bits per heavy atom. The average molecular weight is 244 g/mol. The van der Waals surface area contributed by atoms with Crippen molar-refractivity contribution in [1.29, 1.82) is 0 Å². The van der Waals surface area contributed by atoms with E-state index in [9.17, 15) is 9.18 Å². The van der Waals surface area contributed by atoms with E-state index in [0.29, 0.717) is 6.54 Å². The van der Waals surface area contributed by atoms with E-state index in [0.717, 1.165) is 11.6 Å². The molecule has 0 unspecified atom stereocenters. The summed E-state index contributed by atoms with van der Waals surface area (Å²) in [7, 11) is 0. The van der Waals surface area contributed by atoms with E-state index in [4.69, 9.17) is 5.73 Å². The van der Waals surface area contributed by atoms with Gasteiger partial charge < -0.3 is 11.1 Å². The fourth-order valence-electron chi connectivity index (χ4n) is 1.61. The van der Waals surface area contributed by atoms with E-state index in [2.05, 4.69) is 5.32 Å². The number of hydrogen-bond acceptors (Lipinski definition) is 2. The van der Waals surface area contributed by atoms with Gasteiger partial charge in [-0.1, -0.05) is 30.3 Å². The molecule has 0 aliphatic heterocycles. The number of nitrogens with two attached hydrogens (primary N) is 1. The second kappa shape index (κ2) is 5.31. The lowest BCUT2D eigenvalue weighted by Gasteiger charge is -2.07. The molecule has 2 aromatic rings. The summed E-state index contributed by atoms with van der Waals surface area (Å²) >= 11 is 0. The minimum Gasteiger partial charge on any atom is -0.398 e. The molecule has 1 amide bonds. The highest BCUT2D eigenvalue weighted by Crippen LogP contribution is 2.13. The summed E-state index contributed by atoms with van der Waals surface area (Å²) < 4.78 is 12.9. The van der Waals surface area contributed by atoms with Gasteiger partial charge in [0.1, 0.15) is 5.82 Å². The average Bonchev–Trinajstić information content (AvgIpc) is 2.37. The molecule has 0 saturated carbocycles. The van der Waals surface area contributed by atoms with Crippen molar-refractivity contribution < 1.29 is 9.18 Å². The number of nitrogens with one attached hydrogen (secondary N) is 1. The first-order chi connectivity index (χ1) is 8.66. The molecule has 0 aliphatic rings. The molecule has 3 nitrogen and oxygen atoms in total. The highest BCUT2D eigenvalue weighted by Gasteiger charge is 2.09. The number of benzene rings is 2. The summed E-state index contributed by atoms with van der Waals surface area (Å²) in [5, 5.41) is 2.73. The summed E-state index contributed by atoms with van der Waals surface area (Å²) in [6, 6.07) is 13.3. The first-order valence-electron chi connectivity index (χ1n) is 5.54. The second-order valence-corrected chi connectivity index (χ2v) is 3.90. The molecular weight excluding hydrogens is 231 g/mol. The fraction of sp³-hybridized carbons (Fsp3) is 0.0714. The lowest BCUT2D eigenvalue weighted by molar-refractivity contribution is 0.0952. The lowest BCUT2D eigenvalue weighted by atomic mass is 10.1. The number of amides is 1. The van der Waals surface area contributed by atoms with Gasteiger partial charge in [-0.15, -0.1) is 0 Å². The molecule has 0 atom stereocenters. The van der Waals surface area contributed by atoms with Gasteiger partial charge in [0.25, 0.3) is 5.91 Å². The maximum absolute atomic E-state index is 12.9. The van der Waals surface area contributed by atoms with E-state index in [-0.39, 0.29) is 17.2 Å². The number of hydrogen-bond donors (Lipinski definition) is 2.